The van der Waals surface area contributed by atoms with E-state index in [1.54, 1.807) is 0 Å². The summed E-state index contributed by atoms with van der Waals surface area (Å²) in [6.07, 6.45) is 0. The third kappa shape index (κ3) is 4.45. The Morgan fingerprint density at radius 2 is 2.04 bits per heavy atom. The van der Waals surface area contributed by atoms with Crippen LogP contribution >= 0.6 is 11.8 Å². The van der Waals surface area contributed by atoms with Crippen molar-refractivity contribution in [1.82, 2.24) is 0 Å². The van der Waals surface area contributed by atoms with Crippen LogP contribution in [-0.4, -0.2) is 66.6 Å². The van der Waals surface area contributed by atoms with Crippen LogP contribution in [0.5, 0.6) is 0 Å². The number of aliphatic carboxylic acids is 1. The SMILES string of the molecule is O=C(O)COCC(=O)N=C1S[C@H]2CS(=O)(=O)C[C@H]2N1c1ccc(F)cc1F. The Morgan fingerprint density at radius 1 is 1.30 bits per heavy atom. The second-order valence-corrected chi connectivity index (χ2v) is 9.30. The Labute approximate surface area is 157 Å². The van der Waals surface area contributed by atoms with Gasteiger partial charge in [-0.1, -0.05) is 11.8 Å². The molecule has 1 aromatic carbocycles. The van der Waals surface area contributed by atoms with Crippen molar-refractivity contribution in [1.29, 1.82) is 0 Å². The topological polar surface area (TPSA) is 113 Å². The van der Waals surface area contributed by atoms with Crippen LogP contribution in [0.2, 0.25) is 0 Å². The number of carbonyl (C=O) groups excluding carboxylic acids is 1. The van der Waals surface area contributed by atoms with E-state index in [4.69, 9.17) is 5.11 Å². The molecule has 2 aliphatic rings. The molecule has 1 aromatic rings. The fraction of sp³-hybridized carbons (Fsp3) is 0.400. The van der Waals surface area contributed by atoms with Gasteiger partial charge in [0.15, 0.2) is 15.0 Å². The number of sulfone groups is 1. The van der Waals surface area contributed by atoms with Gasteiger partial charge in [-0.05, 0) is 12.1 Å². The van der Waals surface area contributed by atoms with Gasteiger partial charge in [-0.15, -0.1) is 0 Å². The van der Waals surface area contributed by atoms with Crippen LogP contribution in [0.15, 0.2) is 23.2 Å². The number of fused-ring (bicyclic) bond motifs is 1. The highest BCUT2D eigenvalue weighted by Crippen LogP contribution is 2.41. The molecule has 2 saturated heterocycles. The number of ether oxygens (including phenoxy) is 1. The lowest BCUT2D eigenvalue weighted by Crippen LogP contribution is -2.38. The van der Waals surface area contributed by atoms with E-state index in [-0.39, 0.29) is 22.4 Å². The Bertz CT molecular complexity index is 921. The summed E-state index contributed by atoms with van der Waals surface area (Å²) in [5.74, 6) is -4.15. The van der Waals surface area contributed by atoms with Crippen molar-refractivity contribution in [2.45, 2.75) is 11.3 Å². The van der Waals surface area contributed by atoms with Gasteiger partial charge in [-0.25, -0.2) is 22.0 Å². The summed E-state index contributed by atoms with van der Waals surface area (Å²) >= 11 is 1.01. The van der Waals surface area contributed by atoms with Gasteiger partial charge in [0.05, 0.1) is 23.2 Å². The van der Waals surface area contributed by atoms with Crippen molar-refractivity contribution in [3.63, 3.8) is 0 Å². The molecule has 2 aliphatic heterocycles. The molecule has 2 atom stereocenters. The first-order valence-electron chi connectivity index (χ1n) is 7.69. The first-order chi connectivity index (χ1) is 12.7. The number of anilines is 1. The van der Waals surface area contributed by atoms with Gasteiger partial charge >= 0.3 is 5.97 Å². The van der Waals surface area contributed by atoms with E-state index in [9.17, 15) is 26.8 Å². The number of amides is 1. The number of hydrogen-bond donors (Lipinski definition) is 1. The van der Waals surface area contributed by atoms with E-state index in [0.717, 1.165) is 23.9 Å². The molecule has 1 amide bonds. The Balaban J connectivity index is 1.89. The second-order valence-electron chi connectivity index (χ2n) is 5.94. The van der Waals surface area contributed by atoms with Crippen molar-refractivity contribution < 1.29 is 36.6 Å². The van der Waals surface area contributed by atoms with Gasteiger partial charge in [0.2, 0.25) is 0 Å². The fourth-order valence-corrected chi connectivity index (χ4v) is 6.81. The Kier molecular flexibility index (Phi) is 5.49. The average Bonchev–Trinajstić information content (AvgIpc) is 2.98. The van der Waals surface area contributed by atoms with Crippen molar-refractivity contribution in [3.05, 3.63) is 29.8 Å². The first kappa shape index (κ1) is 19.7. The summed E-state index contributed by atoms with van der Waals surface area (Å²) in [5, 5.41) is 8.11. The van der Waals surface area contributed by atoms with E-state index >= 15 is 0 Å². The number of nitrogens with zero attached hydrogens (tertiary/aromatic N) is 2. The number of carbonyl (C=O) groups is 2. The normalized spacial score (nSPS) is 25.0. The molecule has 8 nitrogen and oxygen atoms in total. The van der Waals surface area contributed by atoms with Crippen LogP contribution in [0.25, 0.3) is 0 Å². The largest absolute Gasteiger partial charge is 0.480 e. The molecular weight excluding hydrogens is 406 g/mol. The average molecular weight is 420 g/mol. The molecule has 0 unspecified atom stereocenters. The molecule has 1 N–H and O–H groups in total. The van der Waals surface area contributed by atoms with E-state index in [0.29, 0.717) is 6.07 Å². The van der Waals surface area contributed by atoms with Crippen molar-refractivity contribution >= 4 is 44.3 Å². The number of carboxylic acids is 1. The van der Waals surface area contributed by atoms with Crippen LogP contribution in [-0.2, 0) is 24.2 Å². The maximum absolute atomic E-state index is 14.3. The summed E-state index contributed by atoms with van der Waals surface area (Å²) < 4.78 is 56.0. The smallest absolute Gasteiger partial charge is 0.329 e. The molecule has 0 bridgehead atoms. The van der Waals surface area contributed by atoms with Crippen LogP contribution in [0.4, 0.5) is 14.5 Å². The summed E-state index contributed by atoms with van der Waals surface area (Å²) in [4.78, 5) is 27.4. The fourth-order valence-electron chi connectivity index (χ4n) is 2.89. The third-order valence-electron chi connectivity index (χ3n) is 3.91. The molecule has 0 radical (unpaired) electrons. The molecule has 0 spiro atoms. The number of aliphatic imine (C=N–C) groups is 1. The van der Waals surface area contributed by atoms with Gasteiger partial charge in [-0.3, -0.25) is 4.79 Å². The summed E-state index contributed by atoms with van der Waals surface area (Å²) in [5.41, 5.74) is -0.0912. The number of amidine groups is 1. The summed E-state index contributed by atoms with van der Waals surface area (Å²) in [6, 6.07) is 2.19. The van der Waals surface area contributed by atoms with E-state index in [1.165, 1.54) is 4.90 Å². The quantitative estimate of drug-likeness (QED) is 0.740. The lowest BCUT2D eigenvalue weighted by atomic mass is 10.2. The Hall–Kier alpha value is -2.05. The molecule has 0 aromatic heterocycles. The van der Waals surface area contributed by atoms with E-state index in [2.05, 4.69) is 9.73 Å². The lowest BCUT2D eigenvalue weighted by Gasteiger charge is -2.24. The monoisotopic (exact) mass is 420 g/mol. The minimum Gasteiger partial charge on any atom is -0.480 e. The highest BCUT2D eigenvalue weighted by atomic mass is 32.2. The number of hydrogen-bond acceptors (Lipinski definition) is 6. The number of halogens is 2. The number of carboxylic acid groups (broad SMARTS) is 1. The van der Waals surface area contributed by atoms with Crippen molar-refractivity contribution in [2.75, 3.05) is 29.6 Å². The zero-order valence-corrected chi connectivity index (χ0v) is 15.3. The summed E-state index contributed by atoms with van der Waals surface area (Å²) in [6.45, 7) is -1.27. The van der Waals surface area contributed by atoms with Gasteiger partial charge in [-0.2, -0.15) is 4.99 Å². The lowest BCUT2D eigenvalue weighted by molar-refractivity contribution is -0.143. The Morgan fingerprint density at radius 3 is 2.70 bits per heavy atom. The van der Waals surface area contributed by atoms with Gasteiger partial charge < -0.3 is 14.7 Å². The number of thioether (sulfide) groups is 1. The van der Waals surface area contributed by atoms with Crippen molar-refractivity contribution in [3.8, 4) is 0 Å². The highest BCUT2D eigenvalue weighted by Gasteiger charge is 2.50. The molecular formula is C15H14F2N2O6S2. The first-order valence-corrected chi connectivity index (χ1v) is 10.4. The minimum atomic E-state index is -3.33. The zero-order chi connectivity index (χ0) is 19.8. The van der Waals surface area contributed by atoms with Gasteiger partial charge in [0, 0.05) is 11.3 Å². The predicted molar refractivity (Wildman–Crippen MR) is 93.6 cm³/mol. The molecule has 2 fully saturated rings. The molecule has 12 heteroatoms. The summed E-state index contributed by atoms with van der Waals surface area (Å²) in [7, 11) is -3.33. The second kappa shape index (κ2) is 7.52. The number of benzene rings is 1. The highest BCUT2D eigenvalue weighted by molar-refractivity contribution is 8.16. The molecule has 146 valence electrons. The standard InChI is InChI=1S/C15H14F2N2O6S2/c16-8-1-2-10(9(17)3-8)19-11-6-27(23,24)7-12(11)26-15(19)18-13(20)4-25-5-14(21)22/h1-3,11-12H,4-7H2,(H,21,22)/t11-,12+/m1/s1. The zero-order valence-electron chi connectivity index (χ0n) is 13.7. The van der Waals surface area contributed by atoms with Gasteiger partial charge in [0.25, 0.3) is 5.91 Å². The number of rotatable bonds is 5. The van der Waals surface area contributed by atoms with Crippen LogP contribution < -0.4 is 4.90 Å². The molecule has 0 aliphatic carbocycles. The molecule has 3 rings (SSSR count). The van der Waals surface area contributed by atoms with Crippen molar-refractivity contribution in [2.24, 2.45) is 4.99 Å². The predicted octanol–water partition coefficient (Wildman–Crippen LogP) is 0.667. The van der Waals surface area contributed by atoms with E-state index in [1.807, 2.05) is 0 Å². The van der Waals surface area contributed by atoms with E-state index < -0.39 is 57.9 Å². The third-order valence-corrected chi connectivity index (χ3v) is 7.12. The molecule has 0 saturated carbocycles. The van der Waals surface area contributed by atoms with Crippen LogP contribution in [0, 0.1) is 11.6 Å². The van der Waals surface area contributed by atoms with Crippen LogP contribution in [0.1, 0.15) is 0 Å². The maximum Gasteiger partial charge on any atom is 0.329 e. The van der Waals surface area contributed by atoms with Gasteiger partial charge in [0.1, 0.15) is 24.8 Å². The molecule has 27 heavy (non-hydrogen) atoms. The maximum atomic E-state index is 14.3. The minimum absolute atomic E-state index is 0.0642. The molecule has 2 heterocycles. The van der Waals surface area contributed by atoms with Crippen LogP contribution in [0.3, 0.4) is 0 Å².